The minimum absolute atomic E-state index is 0.104. The first-order valence-electron chi connectivity index (χ1n) is 15.5. The van der Waals surface area contributed by atoms with Gasteiger partial charge in [-0.1, -0.05) is 76.2 Å². The van der Waals surface area contributed by atoms with Crippen LogP contribution >= 0.6 is 0 Å². The highest BCUT2D eigenvalue weighted by molar-refractivity contribution is 5.53. The van der Waals surface area contributed by atoms with Crippen LogP contribution in [0.4, 0.5) is 11.4 Å². The molecule has 4 fully saturated rings. The third-order valence-electron chi connectivity index (χ3n) is 9.72. The molecule has 3 atom stereocenters. The maximum Gasteiger partial charge on any atom is 0.0984 e. The van der Waals surface area contributed by atoms with E-state index in [1.54, 1.807) is 0 Å². The Bertz CT molecular complexity index is 1340. The molecule has 6 heteroatoms. The Morgan fingerprint density at radius 2 is 0.881 bits per heavy atom. The second kappa shape index (κ2) is 11.0. The van der Waals surface area contributed by atoms with E-state index in [1.165, 1.54) is 33.6 Å². The van der Waals surface area contributed by atoms with Gasteiger partial charge in [-0.05, 0) is 46.5 Å². The molecule has 0 aromatic heterocycles. The van der Waals surface area contributed by atoms with Crippen LogP contribution < -0.4 is 9.80 Å². The predicted molar refractivity (Wildman–Crippen MR) is 167 cm³/mol. The molecule has 222 valence electrons. The first kappa shape index (κ1) is 27.9. The number of anilines is 2. The van der Waals surface area contributed by atoms with Crippen molar-refractivity contribution in [2.24, 2.45) is 0 Å². The highest BCUT2D eigenvalue weighted by Gasteiger charge is 2.34. The van der Waals surface area contributed by atoms with Crippen LogP contribution in [0.5, 0.6) is 0 Å². The molecule has 0 aliphatic carbocycles. The van der Waals surface area contributed by atoms with Gasteiger partial charge in [0.25, 0.3) is 0 Å². The van der Waals surface area contributed by atoms with Gasteiger partial charge in [-0.2, -0.15) is 0 Å². The van der Waals surface area contributed by atoms with Crippen LogP contribution in [0.1, 0.15) is 49.9 Å². The molecule has 0 saturated carbocycles. The zero-order valence-corrected chi connectivity index (χ0v) is 25.4. The van der Waals surface area contributed by atoms with E-state index in [1.807, 2.05) is 0 Å². The second-order valence-corrected chi connectivity index (χ2v) is 13.5. The smallest absolute Gasteiger partial charge is 0.0984 e. The summed E-state index contributed by atoms with van der Waals surface area (Å²) < 4.78 is 22.0. The Balaban J connectivity index is 1.05. The number of epoxide rings is 3. The van der Waals surface area contributed by atoms with E-state index in [0.29, 0.717) is 24.4 Å². The van der Waals surface area contributed by atoms with Crippen molar-refractivity contribution in [3.05, 3.63) is 95.1 Å². The van der Waals surface area contributed by atoms with E-state index in [-0.39, 0.29) is 10.8 Å². The zero-order valence-electron chi connectivity index (χ0n) is 25.4. The molecule has 4 heterocycles. The van der Waals surface area contributed by atoms with Crippen LogP contribution in [0.25, 0.3) is 0 Å². The maximum absolute atomic E-state index is 5.53. The Labute approximate surface area is 250 Å². The Morgan fingerprint density at radius 1 is 0.524 bits per heavy atom. The van der Waals surface area contributed by atoms with E-state index in [2.05, 4.69) is 110 Å². The molecule has 0 bridgehead atoms. The molecule has 0 radical (unpaired) electrons. The van der Waals surface area contributed by atoms with Crippen LogP contribution in [0, 0.1) is 0 Å². The summed E-state index contributed by atoms with van der Waals surface area (Å²) in [4.78, 5) is 4.87. The van der Waals surface area contributed by atoms with Gasteiger partial charge in [0, 0.05) is 41.8 Å². The molecular formula is C36H44N2O4. The lowest BCUT2D eigenvalue weighted by atomic mass is 9.74. The highest BCUT2D eigenvalue weighted by Crippen LogP contribution is 2.37. The van der Waals surface area contributed by atoms with Gasteiger partial charge in [0.15, 0.2) is 0 Å². The van der Waals surface area contributed by atoms with E-state index >= 15 is 0 Å². The van der Waals surface area contributed by atoms with E-state index < -0.39 is 0 Å². The van der Waals surface area contributed by atoms with Gasteiger partial charge in [0.1, 0.15) is 0 Å². The van der Waals surface area contributed by atoms with Crippen LogP contribution in [0.2, 0.25) is 0 Å². The molecule has 4 aliphatic rings. The van der Waals surface area contributed by atoms with Crippen molar-refractivity contribution in [3.63, 3.8) is 0 Å². The third kappa shape index (κ3) is 5.96. The SMILES string of the molecule is CC(C)(c1ccc(N(CC2CO2)CC2CO2)cc1)c1ccc(C(C)(C)c2ccc(N(CC3CO3)C3COC3)cc2)cc1. The normalized spacial score (nSPS) is 23.3. The van der Waals surface area contributed by atoms with Crippen molar-refractivity contribution in [2.45, 2.75) is 62.9 Å². The van der Waals surface area contributed by atoms with E-state index in [0.717, 1.165) is 52.7 Å². The summed E-state index contributed by atoms with van der Waals surface area (Å²) in [6.07, 6.45) is 1.09. The summed E-state index contributed by atoms with van der Waals surface area (Å²) in [5.41, 5.74) is 7.57. The van der Waals surface area contributed by atoms with E-state index in [9.17, 15) is 0 Å². The molecule has 3 aromatic carbocycles. The van der Waals surface area contributed by atoms with E-state index in [4.69, 9.17) is 18.9 Å². The zero-order chi connectivity index (χ0) is 28.9. The number of rotatable bonds is 13. The molecule has 0 amide bonds. The van der Waals surface area contributed by atoms with Crippen molar-refractivity contribution in [3.8, 4) is 0 Å². The second-order valence-electron chi connectivity index (χ2n) is 13.5. The Morgan fingerprint density at radius 3 is 1.24 bits per heavy atom. The minimum Gasteiger partial charge on any atom is -0.377 e. The third-order valence-corrected chi connectivity index (χ3v) is 9.72. The molecule has 4 saturated heterocycles. The molecular weight excluding hydrogens is 524 g/mol. The Hall–Kier alpha value is -2.90. The molecule has 7 rings (SSSR count). The summed E-state index contributed by atoms with van der Waals surface area (Å²) in [6.45, 7) is 16.3. The van der Waals surface area contributed by atoms with Gasteiger partial charge in [-0.15, -0.1) is 0 Å². The average Bonchev–Trinajstić information content (AvgIpc) is 3.82. The molecule has 3 unspecified atom stereocenters. The average molecular weight is 569 g/mol. The van der Waals surface area contributed by atoms with Crippen LogP contribution in [0.3, 0.4) is 0 Å². The van der Waals surface area contributed by atoms with Crippen molar-refractivity contribution < 1.29 is 18.9 Å². The van der Waals surface area contributed by atoms with Crippen LogP contribution in [-0.4, -0.2) is 77.0 Å². The lowest BCUT2D eigenvalue weighted by Crippen LogP contribution is -2.50. The lowest BCUT2D eigenvalue weighted by molar-refractivity contribution is 0.00764. The van der Waals surface area contributed by atoms with Crippen molar-refractivity contribution >= 4 is 11.4 Å². The standard InChI is InChI=1S/C36H44N2O4/c1-35(2,27-9-13-29(14-10-27)37(17-32-22-40-32)18-33-23-41-33)25-5-7-26(8-6-25)36(3,4)28-11-15-30(16-12-28)38(19-34-24-42-34)31-20-39-21-31/h5-16,31-34H,17-24H2,1-4H3. The molecule has 0 N–H and O–H groups in total. The van der Waals surface area contributed by atoms with Gasteiger partial charge >= 0.3 is 0 Å². The van der Waals surface area contributed by atoms with Gasteiger partial charge in [-0.25, -0.2) is 0 Å². The highest BCUT2D eigenvalue weighted by atomic mass is 16.6. The van der Waals surface area contributed by atoms with Crippen molar-refractivity contribution in [2.75, 3.05) is 62.5 Å². The van der Waals surface area contributed by atoms with Gasteiger partial charge in [0.05, 0.1) is 57.4 Å². The fourth-order valence-electron chi connectivity index (χ4n) is 6.18. The number of nitrogens with zero attached hydrogens (tertiary/aromatic N) is 2. The summed E-state index contributed by atoms with van der Waals surface area (Å²) >= 11 is 0. The molecule has 42 heavy (non-hydrogen) atoms. The first-order chi connectivity index (χ1) is 20.3. The van der Waals surface area contributed by atoms with Crippen molar-refractivity contribution in [1.29, 1.82) is 0 Å². The fraction of sp³-hybridized carbons (Fsp3) is 0.500. The summed E-state index contributed by atoms with van der Waals surface area (Å²) in [6, 6.07) is 28.0. The van der Waals surface area contributed by atoms with Gasteiger partial charge < -0.3 is 28.7 Å². The number of hydrogen-bond donors (Lipinski definition) is 0. The van der Waals surface area contributed by atoms with Crippen LogP contribution in [0.15, 0.2) is 72.8 Å². The van der Waals surface area contributed by atoms with Crippen molar-refractivity contribution in [1.82, 2.24) is 0 Å². The monoisotopic (exact) mass is 568 g/mol. The fourth-order valence-corrected chi connectivity index (χ4v) is 6.18. The van der Waals surface area contributed by atoms with Crippen LogP contribution in [-0.2, 0) is 29.8 Å². The number of benzene rings is 3. The summed E-state index contributed by atoms with van der Waals surface area (Å²) in [5, 5.41) is 0. The quantitative estimate of drug-likeness (QED) is 0.252. The molecule has 0 spiro atoms. The summed E-state index contributed by atoms with van der Waals surface area (Å²) in [7, 11) is 0. The van der Waals surface area contributed by atoms with Gasteiger partial charge in [0.2, 0.25) is 0 Å². The molecule has 3 aromatic rings. The summed E-state index contributed by atoms with van der Waals surface area (Å²) in [5.74, 6) is 0. The molecule has 4 aliphatic heterocycles. The van der Waals surface area contributed by atoms with Gasteiger partial charge in [-0.3, -0.25) is 0 Å². The lowest BCUT2D eigenvalue weighted by Gasteiger charge is -2.39. The first-order valence-corrected chi connectivity index (χ1v) is 15.5. The molecule has 6 nitrogen and oxygen atoms in total. The topological polar surface area (TPSA) is 53.3 Å². The predicted octanol–water partition coefficient (Wildman–Crippen LogP) is 5.55. The maximum atomic E-state index is 5.53. The minimum atomic E-state index is -0.104. The largest absolute Gasteiger partial charge is 0.377 e. The number of ether oxygens (including phenoxy) is 4. The Kier molecular flexibility index (Phi) is 7.30. The number of hydrogen-bond acceptors (Lipinski definition) is 6.